The molecule has 0 aliphatic heterocycles. The summed E-state index contributed by atoms with van der Waals surface area (Å²) in [6.07, 6.45) is 1.67. The predicted molar refractivity (Wildman–Crippen MR) is 114 cm³/mol. The molecular formula is C18H24IN3OS. The number of hydrogen-bond acceptors (Lipinski definition) is 2. The lowest BCUT2D eigenvalue weighted by Crippen LogP contribution is -2.22. The quantitative estimate of drug-likeness (QED) is 0.404. The second kappa shape index (κ2) is 9.78. The SMILES string of the molecule is CC(C)c1cccc(NC(N)=NCc2ccc(S(C)=O)cc2)c1.I. The van der Waals surface area contributed by atoms with E-state index in [1.54, 1.807) is 6.26 Å². The van der Waals surface area contributed by atoms with Crippen LogP contribution in [-0.2, 0) is 17.3 Å². The van der Waals surface area contributed by atoms with E-state index in [2.05, 4.69) is 36.3 Å². The zero-order valence-corrected chi connectivity index (χ0v) is 17.3. The molecule has 2 rings (SSSR count). The molecule has 0 saturated carbocycles. The fourth-order valence-corrected chi connectivity index (χ4v) is 2.65. The van der Waals surface area contributed by atoms with Gasteiger partial charge in [-0.25, -0.2) is 4.99 Å². The van der Waals surface area contributed by atoms with Gasteiger partial charge in [0.05, 0.1) is 6.54 Å². The maximum atomic E-state index is 11.4. The highest BCUT2D eigenvalue weighted by Gasteiger charge is 2.02. The fraction of sp³-hybridized carbons (Fsp3) is 0.278. The monoisotopic (exact) mass is 457 g/mol. The summed E-state index contributed by atoms with van der Waals surface area (Å²) >= 11 is 0. The summed E-state index contributed by atoms with van der Waals surface area (Å²) in [6.45, 7) is 4.80. The minimum atomic E-state index is -0.956. The van der Waals surface area contributed by atoms with E-state index in [9.17, 15) is 4.21 Å². The maximum Gasteiger partial charge on any atom is 0.193 e. The van der Waals surface area contributed by atoms with Crippen LogP contribution in [0.2, 0.25) is 0 Å². The minimum absolute atomic E-state index is 0. The molecule has 0 radical (unpaired) electrons. The Labute approximate surface area is 163 Å². The van der Waals surface area contributed by atoms with Gasteiger partial charge >= 0.3 is 0 Å². The topological polar surface area (TPSA) is 67.5 Å². The van der Waals surface area contributed by atoms with Crippen LogP contribution in [0.1, 0.15) is 30.9 Å². The smallest absolute Gasteiger partial charge is 0.193 e. The Balaban J connectivity index is 0.00000288. The van der Waals surface area contributed by atoms with Gasteiger partial charge < -0.3 is 11.1 Å². The average Bonchev–Trinajstić information content (AvgIpc) is 2.53. The van der Waals surface area contributed by atoms with Crippen LogP contribution in [-0.4, -0.2) is 16.4 Å². The van der Waals surface area contributed by atoms with Crippen molar-refractivity contribution in [3.05, 3.63) is 59.7 Å². The zero-order chi connectivity index (χ0) is 16.8. The Bertz CT molecular complexity index is 714. The largest absolute Gasteiger partial charge is 0.370 e. The van der Waals surface area contributed by atoms with E-state index in [1.165, 1.54) is 5.56 Å². The number of aliphatic imine (C=N–C) groups is 1. The molecule has 0 bridgehead atoms. The van der Waals surface area contributed by atoms with Gasteiger partial charge in [-0.05, 0) is 41.3 Å². The molecule has 1 atom stereocenters. The summed E-state index contributed by atoms with van der Waals surface area (Å²) in [7, 11) is -0.956. The Morgan fingerprint density at radius 3 is 2.46 bits per heavy atom. The summed E-state index contributed by atoms with van der Waals surface area (Å²) < 4.78 is 11.4. The molecule has 0 aliphatic rings. The van der Waals surface area contributed by atoms with Gasteiger partial charge in [0.1, 0.15) is 0 Å². The normalized spacial score (nSPS) is 12.6. The summed E-state index contributed by atoms with van der Waals surface area (Å²) in [5.74, 6) is 0.853. The molecule has 0 fully saturated rings. The molecule has 0 heterocycles. The highest BCUT2D eigenvalue weighted by Crippen LogP contribution is 2.18. The zero-order valence-electron chi connectivity index (χ0n) is 14.2. The standard InChI is InChI=1S/C18H23N3OS.HI/c1-13(2)15-5-4-6-16(11-15)21-18(19)20-12-14-7-9-17(10-8-14)23(3)22;/h4-11,13H,12H2,1-3H3,(H3,19,20,21);1H. The lowest BCUT2D eigenvalue weighted by Gasteiger charge is -2.10. The van der Waals surface area contributed by atoms with E-state index in [1.807, 2.05) is 36.4 Å². The molecule has 0 amide bonds. The van der Waals surface area contributed by atoms with E-state index < -0.39 is 10.8 Å². The summed E-state index contributed by atoms with van der Waals surface area (Å²) in [4.78, 5) is 5.16. The summed E-state index contributed by atoms with van der Waals surface area (Å²) in [5.41, 5.74) is 9.17. The first-order valence-electron chi connectivity index (χ1n) is 7.55. The van der Waals surface area contributed by atoms with Crippen molar-refractivity contribution in [2.24, 2.45) is 10.7 Å². The van der Waals surface area contributed by atoms with Gasteiger partial charge in [0.25, 0.3) is 0 Å². The van der Waals surface area contributed by atoms with Crippen molar-refractivity contribution >= 4 is 46.4 Å². The first-order chi connectivity index (χ1) is 11.0. The number of anilines is 1. The van der Waals surface area contributed by atoms with Crippen LogP contribution in [0.15, 0.2) is 58.4 Å². The molecule has 24 heavy (non-hydrogen) atoms. The number of hydrogen-bond donors (Lipinski definition) is 2. The van der Waals surface area contributed by atoms with Crippen molar-refractivity contribution in [2.45, 2.75) is 31.2 Å². The van der Waals surface area contributed by atoms with Crippen molar-refractivity contribution < 1.29 is 4.21 Å². The summed E-state index contributed by atoms with van der Waals surface area (Å²) in [6, 6.07) is 15.7. The molecule has 6 heteroatoms. The number of nitrogens with one attached hydrogen (secondary N) is 1. The van der Waals surface area contributed by atoms with Crippen molar-refractivity contribution in [1.82, 2.24) is 0 Å². The third-order valence-electron chi connectivity index (χ3n) is 3.51. The van der Waals surface area contributed by atoms with Crippen LogP contribution < -0.4 is 11.1 Å². The number of rotatable bonds is 5. The first-order valence-corrected chi connectivity index (χ1v) is 9.11. The van der Waals surface area contributed by atoms with Gasteiger partial charge in [0.15, 0.2) is 5.96 Å². The number of benzene rings is 2. The number of halogens is 1. The van der Waals surface area contributed by atoms with Crippen molar-refractivity contribution in [3.63, 3.8) is 0 Å². The van der Waals surface area contributed by atoms with E-state index in [0.29, 0.717) is 18.4 Å². The molecule has 2 aromatic carbocycles. The Kier molecular flexibility index (Phi) is 8.41. The molecular weight excluding hydrogens is 433 g/mol. The molecule has 0 aromatic heterocycles. The third kappa shape index (κ3) is 6.24. The van der Waals surface area contributed by atoms with Gasteiger partial charge in [-0.2, -0.15) is 0 Å². The van der Waals surface area contributed by atoms with Crippen LogP contribution in [0.5, 0.6) is 0 Å². The van der Waals surface area contributed by atoms with Crippen molar-refractivity contribution in [3.8, 4) is 0 Å². The molecule has 2 aromatic rings. The highest BCUT2D eigenvalue weighted by atomic mass is 127. The Morgan fingerprint density at radius 1 is 1.21 bits per heavy atom. The van der Waals surface area contributed by atoms with Crippen LogP contribution in [0.25, 0.3) is 0 Å². The fourth-order valence-electron chi connectivity index (χ4n) is 2.13. The molecule has 4 nitrogen and oxygen atoms in total. The lowest BCUT2D eigenvalue weighted by atomic mass is 10.0. The number of nitrogens with two attached hydrogens (primary N) is 1. The predicted octanol–water partition coefficient (Wildman–Crippen LogP) is 4.09. The second-order valence-corrected chi connectivity index (χ2v) is 7.08. The molecule has 0 saturated heterocycles. The van der Waals surface area contributed by atoms with E-state index in [4.69, 9.17) is 5.73 Å². The minimum Gasteiger partial charge on any atom is -0.370 e. The van der Waals surface area contributed by atoms with Gasteiger partial charge in [-0.1, -0.05) is 38.1 Å². The van der Waals surface area contributed by atoms with Crippen LogP contribution in [0.4, 0.5) is 5.69 Å². The van der Waals surface area contributed by atoms with Crippen LogP contribution >= 0.6 is 24.0 Å². The van der Waals surface area contributed by atoms with E-state index >= 15 is 0 Å². The Morgan fingerprint density at radius 2 is 1.88 bits per heavy atom. The van der Waals surface area contributed by atoms with Gasteiger partial charge in [0.2, 0.25) is 0 Å². The van der Waals surface area contributed by atoms with Gasteiger partial charge in [0, 0.05) is 27.6 Å². The summed E-state index contributed by atoms with van der Waals surface area (Å²) in [5, 5.41) is 3.12. The van der Waals surface area contributed by atoms with Crippen molar-refractivity contribution in [2.75, 3.05) is 11.6 Å². The maximum absolute atomic E-state index is 11.4. The number of guanidine groups is 1. The lowest BCUT2D eigenvalue weighted by molar-refractivity contribution is 0.687. The molecule has 1 unspecified atom stereocenters. The Hall–Kier alpha value is -1.41. The molecule has 3 N–H and O–H groups in total. The molecule has 0 spiro atoms. The van der Waals surface area contributed by atoms with Gasteiger partial charge in [-0.15, -0.1) is 24.0 Å². The van der Waals surface area contributed by atoms with E-state index in [0.717, 1.165) is 16.1 Å². The molecule has 130 valence electrons. The average molecular weight is 457 g/mol. The van der Waals surface area contributed by atoms with Crippen LogP contribution in [0.3, 0.4) is 0 Å². The first kappa shape index (κ1) is 20.6. The highest BCUT2D eigenvalue weighted by molar-refractivity contribution is 14.0. The number of nitrogens with zero attached hydrogens (tertiary/aromatic N) is 1. The van der Waals surface area contributed by atoms with Crippen LogP contribution in [0, 0.1) is 0 Å². The van der Waals surface area contributed by atoms with E-state index in [-0.39, 0.29) is 24.0 Å². The molecule has 0 aliphatic carbocycles. The van der Waals surface area contributed by atoms with Gasteiger partial charge in [-0.3, -0.25) is 4.21 Å². The third-order valence-corrected chi connectivity index (χ3v) is 4.45. The second-order valence-electron chi connectivity index (χ2n) is 5.70. The van der Waals surface area contributed by atoms with Crippen molar-refractivity contribution in [1.29, 1.82) is 0 Å².